The van der Waals surface area contributed by atoms with E-state index in [1.807, 2.05) is 25.1 Å². The number of rotatable bonds is 4. The molecule has 3 aromatic rings. The molecule has 3 nitrogen and oxygen atoms in total. The molecule has 146 valence electrons. The van der Waals surface area contributed by atoms with Crippen molar-refractivity contribution in [1.82, 2.24) is 4.57 Å². The zero-order chi connectivity index (χ0) is 20.5. The molecular weight excluding hydrogens is 365 g/mol. The third kappa shape index (κ3) is 3.81. The highest BCUT2D eigenvalue weighted by Crippen LogP contribution is 2.35. The summed E-state index contributed by atoms with van der Waals surface area (Å²) in [6, 6.07) is 14.5. The maximum absolute atomic E-state index is 13.4. The van der Waals surface area contributed by atoms with Crippen LogP contribution in [0.4, 0.5) is 18.9 Å². The van der Waals surface area contributed by atoms with Crippen molar-refractivity contribution in [3.63, 3.8) is 0 Å². The fraction of sp³-hybridized carbons (Fsp3) is 0.227. The van der Waals surface area contributed by atoms with E-state index in [2.05, 4.69) is 5.32 Å². The lowest BCUT2D eigenvalue weighted by Gasteiger charge is -2.16. The minimum absolute atomic E-state index is 0.0111. The van der Waals surface area contributed by atoms with Crippen LogP contribution in [0.1, 0.15) is 39.8 Å². The number of para-hydroxylation sites is 1. The van der Waals surface area contributed by atoms with Gasteiger partial charge in [0.15, 0.2) is 0 Å². The molecule has 0 aliphatic rings. The molecule has 0 bridgehead atoms. The zero-order valence-electron chi connectivity index (χ0n) is 15.9. The molecule has 2 aromatic carbocycles. The Hall–Kier alpha value is -3.02. The van der Waals surface area contributed by atoms with Crippen LogP contribution in [0, 0.1) is 13.8 Å². The standard InChI is InChI=1S/C22H21F3N2O/c1-4-16-8-7-9-17(13-16)26-21(28)18-12-14(2)27(15(18)3)20-11-6-5-10-19(20)22(23,24)25/h5-13H,4H2,1-3H3,(H,26,28). The Kier molecular flexibility index (Phi) is 5.31. The van der Waals surface area contributed by atoms with Gasteiger partial charge in [-0.3, -0.25) is 4.79 Å². The van der Waals surface area contributed by atoms with Gasteiger partial charge in [0.1, 0.15) is 0 Å². The fourth-order valence-electron chi connectivity index (χ4n) is 3.34. The Morgan fingerprint density at radius 3 is 2.43 bits per heavy atom. The molecule has 0 aliphatic heterocycles. The average Bonchev–Trinajstić information content (AvgIpc) is 2.95. The van der Waals surface area contributed by atoms with Gasteiger partial charge in [-0.25, -0.2) is 0 Å². The molecule has 0 aliphatic carbocycles. The topological polar surface area (TPSA) is 34.0 Å². The molecule has 0 unspecified atom stereocenters. The molecule has 6 heteroatoms. The summed E-state index contributed by atoms with van der Waals surface area (Å²) in [6.45, 7) is 5.36. The number of aryl methyl sites for hydroxylation is 2. The monoisotopic (exact) mass is 386 g/mol. The second-order valence-electron chi connectivity index (χ2n) is 6.64. The number of carbonyl (C=O) groups is 1. The van der Waals surface area contributed by atoms with Crippen molar-refractivity contribution < 1.29 is 18.0 Å². The summed E-state index contributed by atoms with van der Waals surface area (Å²) in [5.41, 5.74) is 2.38. The summed E-state index contributed by atoms with van der Waals surface area (Å²) >= 11 is 0. The number of hydrogen-bond donors (Lipinski definition) is 1. The van der Waals surface area contributed by atoms with Crippen molar-refractivity contribution in [1.29, 1.82) is 0 Å². The maximum atomic E-state index is 13.4. The van der Waals surface area contributed by atoms with Crippen molar-refractivity contribution in [3.05, 3.63) is 82.7 Å². The summed E-state index contributed by atoms with van der Waals surface area (Å²) in [6.07, 6.45) is -3.64. The van der Waals surface area contributed by atoms with Gasteiger partial charge in [0, 0.05) is 17.1 Å². The van der Waals surface area contributed by atoms with Crippen LogP contribution in [0.2, 0.25) is 0 Å². The Bertz CT molecular complexity index is 1020. The number of hydrogen-bond acceptors (Lipinski definition) is 1. The van der Waals surface area contributed by atoms with Crippen LogP contribution in [-0.4, -0.2) is 10.5 Å². The normalized spacial score (nSPS) is 11.5. The number of nitrogens with zero attached hydrogens (tertiary/aromatic N) is 1. The number of carbonyl (C=O) groups excluding carboxylic acids is 1. The molecule has 0 radical (unpaired) electrons. The first-order valence-electron chi connectivity index (χ1n) is 8.98. The van der Waals surface area contributed by atoms with Gasteiger partial charge in [-0.1, -0.05) is 31.2 Å². The third-order valence-electron chi connectivity index (χ3n) is 4.72. The highest BCUT2D eigenvalue weighted by Gasteiger charge is 2.34. The Labute approximate surface area is 161 Å². The van der Waals surface area contributed by atoms with Gasteiger partial charge in [0.2, 0.25) is 0 Å². The molecule has 28 heavy (non-hydrogen) atoms. The number of alkyl halides is 3. The van der Waals surface area contributed by atoms with E-state index in [1.54, 1.807) is 32.0 Å². The average molecular weight is 386 g/mol. The second kappa shape index (κ2) is 7.54. The summed E-state index contributed by atoms with van der Waals surface area (Å²) < 4.78 is 41.8. The Morgan fingerprint density at radius 1 is 1.04 bits per heavy atom. The molecule has 0 saturated heterocycles. The van der Waals surface area contributed by atoms with Gasteiger partial charge in [-0.05, 0) is 56.2 Å². The van der Waals surface area contributed by atoms with Crippen molar-refractivity contribution >= 4 is 11.6 Å². The van der Waals surface area contributed by atoms with Crippen LogP contribution in [-0.2, 0) is 12.6 Å². The molecule has 0 spiro atoms. The largest absolute Gasteiger partial charge is 0.418 e. The highest BCUT2D eigenvalue weighted by molar-refractivity contribution is 6.05. The quantitative estimate of drug-likeness (QED) is 0.593. The lowest BCUT2D eigenvalue weighted by atomic mass is 10.1. The van der Waals surface area contributed by atoms with E-state index in [9.17, 15) is 18.0 Å². The van der Waals surface area contributed by atoms with Crippen LogP contribution < -0.4 is 5.32 Å². The Balaban J connectivity index is 2.00. The van der Waals surface area contributed by atoms with Gasteiger partial charge >= 0.3 is 6.18 Å². The van der Waals surface area contributed by atoms with Gasteiger partial charge < -0.3 is 9.88 Å². The van der Waals surface area contributed by atoms with Crippen LogP contribution in [0.3, 0.4) is 0 Å². The molecule has 3 rings (SSSR count). The summed E-state index contributed by atoms with van der Waals surface area (Å²) in [5, 5.41) is 2.84. The first-order valence-corrected chi connectivity index (χ1v) is 8.98. The van der Waals surface area contributed by atoms with Gasteiger partial charge in [-0.15, -0.1) is 0 Å². The van der Waals surface area contributed by atoms with Crippen molar-refractivity contribution in [2.75, 3.05) is 5.32 Å². The predicted octanol–water partition coefficient (Wildman–Crippen LogP) is 5.93. The number of amides is 1. The fourth-order valence-corrected chi connectivity index (χ4v) is 3.34. The minimum Gasteiger partial charge on any atom is -0.322 e. The minimum atomic E-state index is -4.48. The van der Waals surface area contributed by atoms with Crippen LogP contribution in [0.25, 0.3) is 5.69 Å². The van der Waals surface area contributed by atoms with E-state index in [0.717, 1.165) is 18.1 Å². The van der Waals surface area contributed by atoms with E-state index >= 15 is 0 Å². The number of aromatic nitrogens is 1. The summed E-state index contributed by atoms with van der Waals surface area (Å²) in [4.78, 5) is 12.8. The molecule has 1 N–H and O–H groups in total. The Morgan fingerprint density at radius 2 is 1.75 bits per heavy atom. The van der Waals surface area contributed by atoms with E-state index < -0.39 is 11.7 Å². The van der Waals surface area contributed by atoms with Crippen LogP contribution in [0.15, 0.2) is 54.6 Å². The zero-order valence-corrected chi connectivity index (χ0v) is 15.9. The van der Waals surface area contributed by atoms with Gasteiger partial charge in [0.05, 0.1) is 16.8 Å². The molecular formula is C22H21F3N2O. The molecule has 1 heterocycles. The first-order chi connectivity index (χ1) is 13.2. The van der Waals surface area contributed by atoms with Gasteiger partial charge in [-0.2, -0.15) is 13.2 Å². The maximum Gasteiger partial charge on any atom is 0.418 e. The van der Waals surface area contributed by atoms with Crippen LogP contribution in [0.5, 0.6) is 0 Å². The second-order valence-corrected chi connectivity index (χ2v) is 6.64. The lowest BCUT2D eigenvalue weighted by Crippen LogP contribution is -2.15. The first kappa shape index (κ1) is 19.7. The molecule has 1 amide bonds. The van der Waals surface area contributed by atoms with Gasteiger partial charge in [0.25, 0.3) is 5.91 Å². The third-order valence-corrected chi connectivity index (χ3v) is 4.72. The van der Waals surface area contributed by atoms with E-state index in [4.69, 9.17) is 0 Å². The smallest absolute Gasteiger partial charge is 0.322 e. The number of nitrogens with one attached hydrogen (secondary N) is 1. The van der Waals surface area contributed by atoms with E-state index in [1.165, 1.54) is 16.7 Å². The molecule has 0 saturated carbocycles. The lowest BCUT2D eigenvalue weighted by molar-refractivity contribution is -0.137. The van der Waals surface area contributed by atoms with E-state index in [-0.39, 0.29) is 11.6 Å². The summed E-state index contributed by atoms with van der Waals surface area (Å²) in [7, 11) is 0. The molecule has 1 aromatic heterocycles. The number of benzene rings is 2. The number of anilines is 1. The van der Waals surface area contributed by atoms with E-state index in [0.29, 0.717) is 22.6 Å². The van der Waals surface area contributed by atoms with Crippen LogP contribution >= 0.6 is 0 Å². The SMILES string of the molecule is CCc1cccc(NC(=O)c2cc(C)n(-c3ccccc3C(F)(F)F)c2C)c1. The number of halogens is 3. The summed E-state index contributed by atoms with van der Waals surface area (Å²) in [5.74, 6) is -0.350. The van der Waals surface area contributed by atoms with Crippen molar-refractivity contribution in [3.8, 4) is 5.69 Å². The van der Waals surface area contributed by atoms with Crippen molar-refractivity contribution in [2.45, 2.75) is 33.4 Å². The molecule has 0 fully saturated rings. The highest BCUT2D eigenvalue weighted by atomic mass is 19.4. The predicted molar refractivity (Wildman–Crippen MR) is 104 cm³/mol. The molecule has 0 atom stereocenters. The van der Waals surface area contributed by atoms with Crippen molar-refractivity contribution in [2.24, 2.45) is 0 Å².